The SMILES string of the molecule is CC.CCOC(=O)CCc1c(OCCCOc2cc(OCc3ccccc3)c(-c3ccccc3)cc2CC)ccc(C)c1-c1ccccc1O. The monoisotopic (exact) mass is 674 g/mol. The van der Waals surface area contributed by atoms with Crippen molar-refractivity contribution in [1.82, 2.24) is 0 Å². The molecule has 262 valence electrons. The molecule has 50 heavy (non-hydrogen) atoms. The van der Waals surface area contributed by atoms with Crippen LogP contribution in [-0.4, -0.2) is 30.9 Å². The molecule has 0 bridgehead atoms. The molecule has 6 nitrogen and oxygen atoms in total. The summed E-state index contributed by atoms with van der Waals surface area (Å²) in [5.74, 6) is 2.17. The van der Waals surface area contributed by atoms with Crippen LogP contribution >= 0.6 is 0 Å². The highest BCUT2D eigenvalue weighted by Gasteiger charge is 2.19. The maximum Gasteiger partial charge on any atom is 0.306 e. The smallest absolute Gasteiger partial charge is 0.306 e. The number of rotatable bonds is 16. The number of ether oxygens (including phenoxy) is 4. The van der Waals surface area contributed by atoms with Gasteiger partial charge in [0.05, 0.1) is 19.8 Å². The Balaban J connectivity index is 0.00000276. The first kappa shape index (κ1) is 37.6. The molecular formula is C44H50O6. The van der Waals surface area contributed by atoms with E-state index in [0.29, 0.717) is 50.6 Å². The van der Waals surface area contributed by atoms with Crippen molar-refractivity contribution in [3.05, 3.63) is 131 Å². The molecule has 0 saturated heterocycles. The number of phenolic OH excluding ortho intramolecular Hbond substituents is 1. The van der Waals surface area contributed by atoms with Gasteiger partial charge in [-0.1, -0.05) is 106 Å². The number of carbonyl (C=O) groups excluding carboxylic acids is 1. The maximum atomic E-state index is 12.3. The maximum absolute atomic E-state index is 12.3. The topological polar surface area (TPSA) is 74.2 Å². The highest BCUT2D eigenvalue weighted by molar-refractivity contribution is 5.79. The van der Waals surface area contributed by atoms with E-state index in [0.717, 1.165) is 56.9 Å². The summed E-state index contributed by atoms with van der Waals surface area (Å²) in [7, 11) is 0. The number of aryl methyl sites for hydroxylation is 2. The van der Waals surface area contributed by atoms with Crippen molar-refractivity contribution in [3.63, 3.8) is 0 Å². The van der Waals surface area contributed by atoms with Crippen molar-refractivity contribution < 1.29 is 28.8 Å². The molecule has 5 aromatic carbocycles. The normalized spacial score (nSPS) is 10.5. The van der Waals surface area contributed by atoms with Crippen molar-refractivity contribution in [2.24, 2.45) is 0 Å². The Morgan fingerprint density at radius 1 is 0.700 bits per heavy atom. The van der Waals surface area contributed by atoms with Gasteiger partial charge in [-0.3, -0.25) is 4.79 Å². The van der Waals surface area contributed by atoms with Crippen LogP contribution in [-0.2, 0) is 29.0 Å². The van der Waals surface area contributed by atoms with Crippen LogP contribution in [0.5, 0.6) is 23.0 Å². The number of hydrogen-bond donors (Lipinski definition) is 1. The molecule has 0 spiro atoms. The van der Waals surface area contributed by atoms with Crippen LogP contribution in [0.1, 0.15) is 62.8 Å². The molecule has 0 fully saturated rings. The average Bonchev–Trinajstić information content (AvgIpc) is 3.15. The molecule has 0 aliphatic rings. The third kappa shape index (κ3) is 10.1. The van der Waals surface area contributed by atoms with E-state index in [1.807, 2.05) is 87.5 Å². The molecule has 0 aromatic heterocycles. The molecular weight excluding hydrogens is 624 g/mol. The van der Waals surface area contributed by atoms with Crippen molar-refractivity contribution in [2.45, 2.75) is 66.9 Å². The minimum atomic E-state index is -0.265. The van der Waals surface area contributed by atoms with Crippen LogP contribution in [0.15, 0.2) is 109 Å². The van der Waals surface area contributed by atoms with E-state index in [-0.39, 0.29) is 18.1 Å². The Labute approximate surface area is 297 Å². The van der Waals surface area contributed by atoms with Gasteiger partial charge in [-0.05, 0) is 72.7 Å². The summed E-state index contributed by atoms with van der Waals surface area (Å²) in [4.78, 5) is 12.3. The van der Waals surface area contributed by atoms with Gasteiger partial charge in [-0.2, -0.15) is 0 Å². The second-order valence-electron chi connectivity index (χ2n) is 11.6. The number of phenols is 1. The number of carbonyl (C=O) groups is 1. The van der Waals surface area contributed by atoms with Crippen LogP contribution in [0.2, 0.25) is 0 Å². The van der Waals surface area contributed by atoms with Crippen LogP contribution in [0, 0.1) is 6.92 Å². The first-order chi connectivity index (χ1) is 24.5. The molecule has 5 rings (SSSR count). The van der Waals surface area contributed by atoms with E-state index >= 15 is 0 Å². The van der Waals surface area contributed by atoms with Gasteiger partial charge < -0.3 is 24.1 Å². The Hall–Kier alpha value is -5.23. The quantitative estimate of drug-likeness (QED) is 0.0829. The summed E-state index contributed by atoms with van der Waals surface area (Å²) in [5.41, 5.74) is 7.77. The molecule has 0 amide bonds. The Morgan fingerprint density at radius 2 is 1.36 bits per heavy atom. The summed E-state index contributed by atoms with van der Waals surface area (Å²) in [5, 5.41) is 10.7. The van der Waals surface area contributed by atoms with Crippen molar-refractivity contribution in [2.75, 3.05) is 19.8 Å². The van der Waals surface area contributed by atoms with Gasteiger partial charge >= 0.3 is 5.97 Å². The predicted molar refractivity (Wildman–Crippen MR) is 202 cm³/mol. The first-order valence-corrected chi connectivity index (χ1v) is 17.7. The van der Waals surface area contributed by atoms with Crippen LogP contribution in [0.25, 0.3) is 22.3 Å². The molecule has 0 saturated carbocycles. The summed E-state index contributed by atoms with van der Waals surface area (Å²) < 4.78 is 24.3. The Bertz CT molecular complexity index is 1780. The minimum absolute atomic E-state index is 0.181. The molecule has 0 aliphatic carbocycles. The zero-order valence-electron chi connectivity index (χ0n) is 30.0. The molecule has 0 heterocycles. The Kier molecular flexibility index (Phi) is 14.8. The Morgan fingerprint density at radius 3 is 2.04 bits per heavy atom. The van der Waals surface area contributed by atoms with Gasteiger partial charge in [-0.25, -0.2) is 0 Å². The number of para-hydroxylation sites is 1. The van der Waals surface area contributed by atoms with Crippen LogP contribution in [0.4, 0.5) is 0 Å². The lowest BCUT2D eigenvalue weighted by Crippen LogP contribution is -2.10. The van der Waals surface area contributed by atoms with Gasteiger partial charge in [0.15, 0.2) is 0 Å². The van der Waals surface area contributed by atoms with Gasteiger partial charge in [0, 0.05) is 35.6 Å². The van der Waals surface area contributed by atoms with Crippen LogP contribution in [0.3, 0.4) is 0 Å². The second-order valence-corrected chi connectivity index (χ2v) is 11.6. The van der Waals surface area contributed by atoms with Crippen molar-refractivity contribution in [3.8, 4) is 45.3 Å². The number of esters is 1. The van der Waals surface area contributed by atoms with Gasteiger partial charge in [-0.15, -0.1) is 0 Å². The predicted octanol–water partition coefficient (Wildman–Crippen LogP) is 10.5. The molecule has 0 atom stereocenters. The first-order valence-electron chi connectivity index (χ1n) is 17.7. The highest BCUT2D eigenvalue weighted by Crippen LogP contribution is 2.40. The third-order valence-corrected chi connectivity index (χ3v) is 8.21. The fourth-order valence-electron chi connectivity index (χ4n) is 5.79. The minimum Gasteiger partial charge on any atom is -0.507 e. The summed E-state index contributed by atoms with van der Waals surface area (Å²) in [6.45, 7) is 11.6. The molecule has 0 unspecified atom stereocenters. The van der Waals surface area contributed by atoms with Crippen molar-refractivity contribution >= 4 is 5.97 Å². The van der Waals surface area contributed by atoms with E-state index in [1.54, 1.807) is 19.1 Å². The lowest BCUT2D eigenvalue weighted by Gasteiger charge is -2.19. The fourth-order valence-corrected chi connectivity index (χ4v) is 5.79. The van der Waals surface area contributed by atoms with Crippen LogP contribution < -0.4 is 14.2 Å². The van der Waals surface area contributed by atoms with E-state index < -0.39 is 0 Å². The van der Waals surface area contributed by atoms with Gasteiger partial charge in [0.25, 0.3) is 0 Å². The summed E-state index contributed by atoms with van der Waals surface area (Å²) in [6, 6.07) is 35.8. The summed E-state index contributed by atoms with van der Waals surface area (Å²) >= 11 is 0. The largest absolute Gasteiger partial charge is 0.507 e. The molecule has 1 N–H and O–H groups in total. The number of aromatic hydroxyl groups is 1. The lowest BCUT2D eigenvalue weighted by atomic mass is 9.91. The third-order valence-electron chi connectivity index (χ3n) is 8.21. The van der Waals surface area contributed by atoms with E-state index in [2.05, 4.69) is 37.3 Å². The molecule has 0 radical (unpaired) electrons. The average molecular weight is 675 g/mol. The van der Waals surface area contributed by atoms with Gasteiger partial charge in [0.2, 0.25) is 0 Å². The van der Waals surface area contributed by atoms with E-state index in [9.17, 15) is 9.90 Å². The number of benzene rings is 5. The highest BCUT2D eigenvalue weighted by atomic mass is 16.5. The molecule has 5 aromatic rings. The summed E-state index contributed by atoms with van der Waals surface area (Å²) in [6.07, 6.45) is 2.09. The number of hydrogen-bond acceptors (Lipinski definition) is 6. The van der Waals surface area contributed by atoms with Crippen molar-refractivity contribution in [1.29, 1.82) is 0 Å². The van der Waals surface area contributed by atoms with Gasteiger partial charge in [0.1, 0.15) is 29.6 Å². The zero-order valence-corrected chi connectivity index (χ0v) is 30.0. The second kappa shape index (κ2) is 19.7. The fraction of sp³-hybridized carbons (Fsp3) is 0.295. The van der Waals surface area contributed by atoms with E-state index in [1.165, 1.54) is 0 Å². The van der Waals surface area contributed by atoms with E-state index in [4.69, 9.17) is 18.9 Å². The zero-order chi connectivity index (χ0) is 35.7. The molecule has 0 aliphatic heterocycles. The molecule has 6 heteroatoms. The standard InChI is InChI=1S/C42H44O6.C2H6/c1-4-32-27-36(33-17-10-7-11-18-33)40(48-29-31-15-8-6-9-16-31)28-39(32)47-26-14-25-46-38-23-21-30(3)42(34-19-12-13-20-37(34)43)35(38)22-24-41(44)45-5-2;1-2/h6-13,15-21,23,27-28,43H,4-5,14,22,24-26,29H2,1-3H3;1-2H3. The lowest BCUT2D eigenvalue weighted by molar-refractivity contribution is -0.143.